The number of benzene rings is 11. The summed E-state index contributed by atoms with van der Waals surface area (Å²) in [6, 6.07) is 82.7. The van der Waals surface area contributed by atoms with E-state index in [1.54, 1.807) is 0 Å². The summed E-state index contributed by atoms with van der Waals surface area (Å²) in [7, 11) is 0. The number of para-hydroxylation sites is 1. The maximum Gasteiger partial charge on any atom is 0.161 e. The minimum Gasteiger partial charge on any atom is -0.309 e. The quantitative estimate of drug-likeness (QED) is 0.166. The minimum absolute atomic E-state index is 0.489. The van der Waals surface area contributed by atoms with Crippen molar-refractivity contribution in [3.8, 4) is 50.6 Å². The zero-order valence-electron chi connectivity index (χ0n) is 35.7. The predicted molar refractivity (Wildman–Crippen MR) is 274 cm³/mol. The van der Waals surface area contributed by atoms with Crippen LogP contribution in [0.15, 0.2) is 224 Å². The Kier molecular flexibility index (Phi) is 7.15. The molecule has 3 heteroatoms. The number of nitrogens with zero attached hydrogens (tertiary/aromatic N) is 3. The molecule has 2 heterocycles. The number of rotatable bonds is 3. The van der Waals surface area contributed by atoms with Gasteiger partial charge in [0.15, 0.2) is 5.82 Å². The van der Waals surface area contributed by atoms with Gasteiger partial charge in [0.05, 0.1) is 33.3 Å². The second kappa shape index (κ2) is 13.2. The first-order valence-corrected chi connectivity index (χ1v) is 22.8. The fraction of sp³-hybridized carbons (Fsp3) is 0.0159. The Morgan fingerprint density at radius 1 is 0.318 bits per heavy atom. The molecule has 11 aromatic carbocycles. The van der Waals surface area contributed by atoms with Crippen LogP contribution in [0.25, 0.3) is 116 Å². The normalized spacial score (nSPS) is 13.3. The van der Waals surface area contributed by atoms with E-state index in [9.17, 15) is 0 Å². The maximum atomic E-state index is 5.44. The van der Waals surface area contributed by atoms with Crippen molar-refractivity contribution in [1.82, 2.24) is 14.5 Å². The van der Waals surface area contributed by atoms with Crippen LogP contribution in [0.1, 0.15) is 22.3 Å². The maximum absolute atomic E-state index is 5.44. The molecule has 304 valence electrons. The summed E-state index contributed by atoms with van der Waals surface area (Å²) in [5.74, 6) is 0.714. The van der Waals surface area contributed by atoms with Crippen molar-refractivity contribution in [1.29, 1.82) is 0 Å². The van der Waals surface area contributed by atoms with Crippen LogP contribution >= 0.6 is 0 Å². The summed E-state index contributed by atoms with van der Waals surface area (Å²) in [5.41, 5.74) is 17.5. The van der Waals surface area contributed by atoms with Crippen LogP contribution in [0.5, 0.6) is 0 Å². The Morgan fingerprint density at radius 3 is 1.71 bits per heavy atom. The SMILES string of the molecule is c1ccc(-c2nc(-c3ccc(-n4c5ccccc5c5cc6c(cc54)C4(c5ccccc5-c5ccccc54)c4cc5ccccc5cc4-6)c4ccccc34)nc3c2ccc2ccccc23)cc1. The van der Waals surface area contributed by atoms with Gasteiger partial charge in [0.25, 0.3) is 0 Å². The monoisotopic (exact) mass is 835 g/mol. The first-order valence-electron chi connectivity index (χ1n) is 22.8. The first kappa shape index (κ1) is 35.8. The fourth-order valence-corrected chi connectivity index (χ4v) is 12.0. The van der Waals surface area contributed by atoms with Crippen molar-refractivity contribution in [2.45, 2.75) is 5.41 Å². The summed E-state index contributed by atoms with van der Waals surface area (Å²) >= 11 is 0. The van der Waals surface area contributed by atoms with E-state index >= 15 is 0 Å². The van der Waals surface area contributed by atoms with E-state index in [4.69, 9.17) is 9.97 Å². The van der Waals surface area contributed by atoms with E-state index in [1.165, 1.54) is 77.1 Å². The molecule has 0 amide bonds. The van der Waals surface area contributed by atoms with Gasteiger partial charge in [0, 0.05) is 38.1 Å². The van der Waals surface area contributed by atoms with Gasteiger partial charge in [-0.15, -0.1) is 0 Å². The smallest absolute Gasteiger partial charge is 0.161 e. The molecule has 0 saturated heterocycles. The molecule has 0 radical (unpaired) electrons. The van der Waals surface area contributed by atoms with E-state index in [0.717, 1.165) is 55.0 Å². The Morgan fingerprint density at radius 2 is 0.924 bits per heavy atom. The van der Waals surface area contributed by atoms with Crippen LogP contribution in [0, 0.1) is 0 Å². The lowest BCUT2D eigenvalue weighted by Gasteiger charge is -2.30. The van der Waals surface area contributed by atoms with Gasteiger partial charge in [-0.2, -0.15) is 0 Å². The zero-order valence-corrected chi connectivity index (χ0v) is 35.7. The third-order valence-corrected chi connectivity index (χ3v) is 14.8. The van der Waals surface area contributed by atoms with Gasteiger partial charge >= 0.3 is 0 Å². The summed E-state index contributed by atoms with van der Waals surface area (Å²) in [6.45, 7) is 0. The molecule has 1 spiro atoms. The molecule has 0 N–H and O–H groups in total. The molecule has 0 fully saturated rings. The molecule has 0 aliphatic heterocycles. The van der Waals surface area contributed by atoms with Crippen molar-refractivity contribution in [2.24, 2.45) is 0 Å². The van der Waals surface area contributed by atoms with Crippen molar-refractivity contribution < 1.29 is 0 Å². The molecule has 2 aromatic heterocycles. The molecule has 0 atom stereocenters. The van der Waals surface area contributed by atoms with Crippen LogP contribution < -0.4 is 0 Å². The van der Waals surface area contributed by atoms with Gasteiger partial charge in [-0.25, -0.2) is 9.97 Å². The number of aromatic nitrogens is 3. The van der Waals surface area contributed by atoms with Crippen molar-refractivity contribution in [3.63, 3.8) is 0 Å². The summed E-state index contributed by atoms with van der Waals surface area (Å²) in [6.07, 6.45) is 0. The van der Waals surface area contributed by atoms with Crippen molar-refractivity contribution in [2.75, 3.05) is 0 Å². The Balaban J connectivity index is 1.02. The molecule has 13 aromatic rings. The highest BCUT2D eigenvalue weighted by Gasteiger charge is 2.52. The van der Waals surface area contributed by atoms with Gasteiger partial charge in [-0.05, 0) is 115 Å². The van der Waals surface area contributed by atoms with Crippen LogP contribution in [0.4, 0.5) is 0 Å². The molecule has 3 nitrogen and oxygen atoms in total. The average molecular weight is 836 g/mol. The van der Waals surface area contributed by atoms with E-state index in [0.29, 0.717) is 5.82 Å². The number of fused-ring (bicyclic) bond motifs is 18. The second-order valence-electron chi connectivity index (χ2n) is 18.0. The van der Waals surface area contributed by atoms with E-state index in [-0.39, 0.29) is 0 Å². The zero-order chi connectivity index (χ0) is 43.1. The molecule has 0 bridgehead atoms. The van der Waals surface area contributed by atoms with Gasteiger partial charge in [0.2, 0.25) is 0 Å². The van der Waals surface area contributed by atoms with Gasteiger partial charge in [-0.1, -0.05) is 176 Å². The van der Waals surface area contributed by atoms with Crippen LogP contribution in [-0.4, -0.2) is 14.5 Å². The highest BCUT2D eigenvalue weighted by molar-refractivity contribution is 6.15. The van der Waals surface area contributed by atoms with E-state index < -0.39 is 5.41 Å². The lowest BCUT2D eigenvalue weighted by Crippen LogP contribution is -2.25. The van der Waals surface area contributed by atoms with E-state index in [2.05, 4.69) is 229 Å². The largest absolute Gasteiger partial charge is 0.309 e. The molecular weight excluding hydrogens is 799 g/mol. The van der Waals surface area contributed by atoms with Gasteiger partial charge in [0.1, 0.15) is 0 Å². The third-order valence-electron chi connectivity index (χ3n) is 14.8. The minimum atomic E-state index is -0.489. The standard InChI is InChI=1S/C63H37N3/c1-2-17-39(18-3-1)60-49-31-30-38-16-6-7-21-42(38)61(49)65-62(64-60)48-32-33-58(46-25-9-8-22-43(46)48)66-57-29-15-12-26-47(57)52-36-51-50-34-40-19-4-5-20-41(40)35-55(50)63(56(51)37-59(52)66)53-27-13-10-23-44(53)45-24-11-14-28-54(45)63/h1-37H. The highest BCUT2D eigenvalue weighted by atomic mass is 15.0. The fourth-order valence-electron chi connectivity index (χ4n) is 12.0. The van der Waals surface area contributed by atoms with Crippen molar-refractivity contribution >= 4 is 65.0 Å². The molecule has 0 saturated carbocycles. The first-order chi connectivity index (χ1) is 32.7. The van der Waals surface area contributed by atoms with Crippen LogP contribution in [0.3, 0.4) is 0 Å². The van der Waals surface area contributed by atoms with Crippen LogP contribution in [-0.2, 0) is 5.41 Å². The predicted octanol–water partition coefficient (Wildman–Crippen LogP) is 15.9. The lowest BCUT2D eigenvalue weighted by atomic mass is 9.70. The van der Waals surface area contributed by atoms with Gasteiger partial charge < -0.3 is 4.57 Å². The molecule has 2 aliphatic carbocycles. The van der Waals surface area contributed by atoms with Crippen LogP contribution in [0.2, 0.25) is 0 Å². The Labute approximate surface area is 380 Å². The molecule has 2 aliphatic rings. The molecule has 66 heavy (non-hydrogen) atoms. The molecular formula is C63H37N3. The van der Waals surface area contributed by atoms with Crippen molar-refractivity contribution in [3.05, 3.63) is 247 Å². The second-order valence-corrected chi connectivity index (χ2v) is 18.0. The third kappa shape index (κ3) is 4.66. The highest BCUT2D eigenvalue weighted by Crippen LogP contribution is 2.64. The number of hydrogen-bond donors (Lipinski definition) is 0. The summed E-state index contributed by atoms with van der Waals surface area (Å²) in [4.78, 5) is 10.9. The molecule has 0 unspecified atom stereocenters. The average Bonchev–Trinajstić information content (AvgIpc) is 3.97. The van der Waals surface area contributed by atoms with E-state index in [1.807, 2.05) is 0 Å². The Hall–Kier alpha value is -8.66. The topological polar surface area (TPSA) is 30.7 Å². The molecule has 15 rings (SSSR count). The lowest BCUT2D eigenvalue weighted by molar-refractivity contribution is 0.795. The number of hydrogen-bond acceptors (Lipinski definition) is 2. The summed E-state index contributed by atoms with van der Waals surface area (Å²) in [5, 5.41) is 10.6. The Bertz CT molecular complexity index is 4190. The van der Waals surface area contributed by atoms with Gasteiger partial charge in [-0.3, -0.25) is 0 Å². The summed E-state index contributed by atoms with van der Waals surface area (Å²) < 4.78 is 2.52.